The van der Waals surface area contributed by atoms with Crippen molar-refractivity contribution in [2.24, 2.45) is 0 Å². The van der Waals surface area contributed by atoms with Crippen LogP contribution in [0.2, 0.25) is 0 Å². The number of aryl methyl sites for hydroxylation is 1. The van der Waals surface area contributed by atoms with Gasteiger partial charge >= 0.3 is 0 Å². The van der Waals surface area contributed by atoms with Crippen LogP contribution in [0.25, 0.3) is 10.9 Å². The molecule has 2 N–H and O–H groups in total. The van der Waals surface area contributed by atoms with E-state index in [1.165, 1.54) is 5.39 Å². The van der Waals surface area contributed by atoms with Gasteiger partial charge in [-0.15, -0.1) is 0 Å². The number of amides is 1. The summed E-state index contributed by atoms with van der Waals surface area (Å²) in [6.45, 7) is 0. The van der Waals surface area contributed by atoms with Crippen molar-refractivity contribution in [2.75, 3.05) is 5.32 Å². The van der Waals surface area contributed by atoms with Gasteiger partial charge in [0, 0.05) is 48.1 Å². The first-order chi connectivity index (χ1) is 13.2. The topological polar surface area (TPSA) is 63.4 Å². The molecular weight excluding hydrogens is 340 g/mol. The van der Waals surface area contributed by atoms with E-state index in [0.717, 1.165) is 53.9 Å². The molecule has 0 unspecified atom stereocenters. The first-order valence-corrected chi connectivity index (χ1v) is 9.58. The Morgan fingerprint density at radius 1 is 1.07 bits per heavy atom. The zero-order valence-corrected chi connectivity index (χ0v) is 15.1. The Hall–Kier alpha value is -2.95. The van der Waals surface area contributed by atoms with Crippen molar-refractivity contribution in [1.82, 2.24) is 4.98 Å². The van der Waals surface area contributed by atoms with Gasteiger partial charge in [-0.2, -0.15) is 0 Å². The molecule has 5 nitrogen and oxygen atoms in total. The van der Waals surface area contributed by atoms with E-state index >= 15 is 0 Å². The lowest BCUT2D eigenvalue weighted by atomic mass is 10.1. The maximum absolute atomic E-state index is 12.4. The van der Waals surface area contributed by atoms with E-state index in [1.807, 2.05) is 42.6 Å². The fourth-order valence-electron chi connectivity index (χ4n) is 4.10. The van der Waals surface area contributed by atoms with E-state index in [2.05, 4.69) is 16.4 Å². The number of ether oxygens (including phenoxy) is 2. The molecule has 0 atom stereocenters. The van der Waals surface area contributed by atoms with E-state index in [1.54, 1.807) is 0 Å². The van der Waals surface area contributed by atoms with Gasteiger partial charge in [0.2, 0.25) is 5.91 Å². The predicted octanol–water partition coefficient (Wildman–Crippen LogP) is 4.78. The Morgan fingerprint density at radius 2 is 1.89 bits per heavy atom. The number of fused-ring (bicyclic) bond motifs is 2. The first-order valence-electron chi connectivity index (χ1n) is 9.58. The average molecular weight is 362 g/mol. The van der Waals surface area contributed by atoms with Crippen LogP contribution in [0.15, 0.2) is 48.7 Å². The van der Waals surface area contributed by atoms with Crippen LogP contribution in [0.5, 0.6) is 11.5 Å². The summed E-state index contributed by atoms with van der Waals surface area (Å²) in [6.07, 6.45) is 7.22. The molecule has 0 radical (unpaired) electrons. The van der Waals surface area contributed by atoms with Gasteiger partial charge in [-0.1, -0.05) is 18.2 Å². The summed E-state index contributed by atoms with van der Waals surface area (Å²) in [6, 6.07) is 13.8. The Kier molecular flexibility index (Phi) is 3.81. The molecule has 2 heterocycles. The lowest BCUT2D eigenvalue weighted by molar-refractivity contribution is -0.116. The highest BCUT2D eigenvalue weighted by molar-refractivity contribution is 5.92. The number of aromatic nitrogens is 1. The van der Waals surface area contributed by atoms with Crippen molar-refractivity contribution in [3.05, 3.63) is 54.2 Å². The summed E-state index contributed by atoms with van der Waals surface area (Å²) in [5, 5.41) is 4.15. The van der Waals surface area contributed by atoms with Gasteiger partial charge in [-0.05, 0) is 43.0 Å². The van der Waals surface area contributed by atoms with Gasteiger partial charge in [0.25, 0.3) is 5.79 Å². The molecule has 1 aliphatic carbocycles. The molecule has 5 rings (SSSR count). The van der Waals surface area contributed by atoms with Crippen molar-refractivity contribution in [1.29, 1.82) is 0 Å². The van der Waals surface area contributed by atoms with E-state index in [4.69, 9.17) is 9.47 Å². The standard InChI is InChI=1S/C22H22N2O3/c25-21(10-7-15-14-23-18-6-2-1-5-17(15)18)24-16-8-9-19-20(13-16)27-22(26-19)11-3-4-12-22/h1-2,5-6,8-9,13-14,23H,3-4,7,10-12H2,(H,24,25). The van der Waals surface area contributed by atoms with Crippen LogP contribution in [0, 0.1) is 0 Å². The van der Waals surface area contributed by atoms with Crippen molar-refractivity contribution < 1.29 is 14.3 Å². The third-order valence-corrected chi connectivity index (χ3v) is 5.48. The Labute approximate surface area is 157 Å². The molecule has 1 saturated carbocycles. The summed E-state index contributed by atoms with van der Waals surface area (Å²) in [4.78, 5) is 15.7. The maximum atomic E-state index is 12.4. The largest absolute Gasteiger partial charge is 0.448 e. The van der Waals surface area contributed by atoms with Crippen molar-refractivity contribution in [2.45, 2.75) is 44.3 Å². The van der Waals surface area contributed by atoms with Gasteiger partial charge in [-0.3, -0.25) is 4.79 Å². The second-order valence-electron chi connectivity index (χ2n) is 7.39. The normalized spacial score (nSPS) is 16.9. The molecule has 5 heteroatoms. The molecule has 1 spiro atoms. The molecule has 138 valence electrons. The van der Waals surface area contributed by atoms with Crippen LogP contribution in [0.1, 0.15) is 37.7 Å². The summed E-state index contributed by atoms with van der Waals surface area (Å²) in [5.74, 6) is 1.02. The van der Waals surface area contributed by atoms with E-state index < -0.39 is 5.79 Å². The van der Waals surface area contributed by atoms with Crippen molar-refractivity contribution in [3.63, 3.8) is 0 Å². The molecule has 0 bridgehead atoms. The minimum Gasteiger partial charge on any atom is -0.448 e. The summed E-state index contributed by atoms with van der Waals surface area (Å²) in [7, 11) is 0. The van der Waals surface area contributed by atoms with Crippen LogP contribution in [-0.4, -0.2) is 16.7 Å². The molecule has 1 aromatic heterocycles. The number of para-hydroxylation sites is 1. The second-order valence-corrected chi connectivity index (χ2v) is 7.39. The number of rotatable bonds is 4. The number of hydrogen-bond acceptors (Lipinski definition) is 3. The van der Waals surface area contributed by atoms with E-state index in [0.29, 0.717) is 12.8 Å². The molecule has 1 aliphatic heterocycles. The number of carbonyl (C=O) groups is 1. The fourth-order valence-corrected chi connectivity index (χ4v) is 4.10. The van der Waals surface area contributed by atoms with Crippen LogP contribution in [-0.2, 0) is 11.2 Å². The van der Waals surface area contributed by atoms with Gasteiger partial charge in [-0.25, -0.2) is 0 Å². The number of hydrogen-bond donors (Lipinski definition) is 2. The molecule has 27 heavy (non-hydrogen) atoms. The third-order valence-electron chi connectivity index (χ3n) is 5.48. The van der Waals surface area contributed by atoms with Gasteiger partial charge < -0.3 is 19.8 Å². The van der Waals surface area contributed by atoms with Crippen molar-refractivity contribution in [3.8, 4) is 11.5 Å². The van der Waals surface area contributed by atoms with Gasteiger partial charge in [0.05, 0.1) is 0 Å². The number of H-pyrrole nitrogens is 1. The predicted molar refractivity (Wildman–Crippen MR) is 104 cm³/mol. The van der Waals surface area contributed by atoms with Gasteiger partial charge in [0.1, 0.15) is 0 Å². The Balaban J connectivity index is 1.23. The van der Waals surface area contributed by atoms with E-state index in [-0.39, 0.29) is 5.91 Å². The van der Waals surface area contributed by atoms with Crippen LogP contribution in [0.4, 0.5) is 5.69 Å². The lowest BCUT2D eigenvalue weighted by Crippen LogP contribution is -2.34. The quantitative estimate of drug-likeness (QED) is 0.702. The highest BCUT2D eigenvalue weighted by Crippen LogP contribution is 2.47. The summed E-state index contributed by atoms with van der Waals surface area (Å²) < 4.78 is 12.1. The van der Waals surface area contributed by atoms with Crippen LogP contribution >= 0.6 is 0 Å². The molecular formula is C22H22N2O3. The highest BCUT2D eigenvalue weighted by Gasteiger charge is 2.44. The Morgan fingerprint density at radius 3 is 2.78 bits per heavy atom. The molecule has 1 fully saturated rings. The van der Waals surface area contributed by atoms with Crippen LogP contribution in [0.3, 0.4) is 0 Å². The van der Waals surface area contributed by atoms with Crippen LogP contribution < -0.4 is 14.8 Å². The monoisotopic (exact) mass is 362 g/mol. The first kappa shape index (κ1) is 16.2. The molecule has 3 aromatic rings. The number of aromatic amines is 1. The zero-order valence-electron chi connectivity index (χ0n) is 15.1. The lowest BCUT2D eigenvalue weighted by Gasteiger charge is -2.21. The third kappa shape index (κ3) is 3.03. The van der Waals surface area contributed by atoms with E-state index in [9.17, 15) is 4.79 Å². The second kappa shape index (κ2) is 6.34. The fraction of sp³-hybridized carbons (Fsp3) is 0.318. The highest BCUT2D eigenvalue weighted by atomic mass is 16.7. The number of benzene rings is 2. The van der Waals surface area contributed by atoms with Crippen molar-refractivity contribution >= 4 is 22.5 Å². The average Bonchev–Trinajstić information content (AvgIpc) is 3.38. The molecule has 2 aliphatic rings. The smallest absolute Gasteiger partial charge is 0.251 e. The minimum atomic E-state index is -0.472. The number of nitrogens with one attached hydrogen (secondary N) is 2. The summed E-state index contributed by atoms with van der Waals surface area (Å²) >= 11 is 0. The zero-order chi connectivity index (χ0) is 18.3. The number of anilines is 1. The Bertz CT molecular complexity index is 1000. The van der Waals surface area contributed by atoms with Gasteiger partial charge in [0.15, 0.2) is 11.5 Å². The number of carbonyl (C=O) groups excluding carboxylic acids is 1. The molecule has 0 saturated heterocycles. The molecule has 2 aromatic carbocycles. The summed E-state index contributed by atoms with van der Waals surface area (Å²) in [5.41, 5.74) is 3.01. The minimum absolute atomic E-state index is 0.00488. The SMILES string of the molecule is O=C(CCc1c[nH]c2ccccc12)Nc1ccc2c(c1)OC1(CCCC1)O2. The maximum Gasteiger partial charge on any atom is 0.251 e. The molecule has 1 amide bonds.